The molecule has 0 saturated heterocycles. The van der Waals surface area contributed by atoms with Gasteiger partial charge < -0.3 is 14.9 Å². The Hall–Kier alpha value is -2.94. The Morgan fingerprint density at radius 1 is 0.739 bits per heavy atom. The van der Waals surface area contributed by atoms with Crippen molar-refractivity contribution in [3.63, 3.8) is 0 Å². The second-order valence-electron chi connectivity index (χ2n) is 6.42. The normalized spacial score (nSPS) is 14.4. The number of aromatic hydroxyl groups is 2. The van der Waals surface area contributed by atoms with Crippen LogP contribution in [0.25, 0.3) is 32.3 Å². The highest BCUT2D eigenvalue weighted by Gasteiger charge is 2.34. The third-order valence-corrected chi connectivity index (χ3v) is 5.26. The van der Waals surface area contributed by atoms with Gasteiger partial charge in [0.2, 0.25) is 11.5 Å². The first-order valence-electron chi connectivity index (χ1n) is 7.79. The molecule has 23 heavy (non-hydrogen) atoms. The molecule has 3 nitrogen and oxygen atoms in total. The Labute approximate surface area is 131 Å². The van der Waals surface area contributed by atoms with Crippen molar-refractivity contribution in [2.45, 2.75) is 12.8 Å². The number of hydrogen-bond acceptors (Lipinski definition) is 3. The predicted octanol–water partition coefficient (Wildman–Crippen LogP) is 4.76. The SMILES string of the molecule is Oc1c2c(c3c(ccc4cc5c6c(cccc6c43)CC5)c1O)O2. The van der Waals surface area contributed by atoms with Crippen LogP contribution >= 0.6 is 0 Å². The summed E-state index contributed by atoms with van der Waals surface area (Å²) in [7, 11) is 0. The van der Waals surface area contributed by atoms with E-state index in [1.54, 1.807) is 0 Å². The first-order valence-corrected chi connectivity index (χ1v) is 7.79. The summed E-state index contributed by atoms with van der Waals surface area (Å²) in [5, 5.41) is 26.6. The predicted molar refractivity (Wildman–Crippen MR) is 89.8 cm³/mol. The van der Waals surface area contributed by atoms with Gasteiger partial charge in [-0.3, -0.25) is 0 Å². The summed E-state index contributed by atoms with van der Waals surface area (Å²) in [6.45, 7) is 0. The number of phenolic OH excluding ortho intramolecular Hbond substituents is 2. The summed E-state index contributed by atoms with van der Waals surface area (Å²) in [6.07, 6.45) is 2.17. The van der Waals surface area contributed by atoms with Gasteiger partial charge in [-0.15, -0.1) is 0 Å². The zero-order valence-electron chi connectivity index (χ0n) is 12.2. The number of benzene rings is 4. The molecule has 0 unspecified atom stereocenters. The van der Waals surface area contributed by atoms with Crippen molar-refractivity contribution in [3.05, 3.63) is 47.5 Å². The van der Waals surface area contributed by atoms with Crippen molar-refractivity contribution >= 4 is 32.3 Å². The van der Waals surface area contributed by atoms with Gasteiger partial charge in [0.25, 0.3) is 0 Å². The second-order valence-corrected chi connectivity index (χ2v) is 6.42. The average molecular weight is 300 g/mol. The Kier molecular flexibility index (Phi) is 1.77. The molecule has 0 aromatic heterocycles. The van der Waals surface area contributed by atoms with E-state index in [-0.39, 0.29) is 11.5 Å². The lowest BCUT2D eigenvalue weighted by Gasteiger charge is -2.10. The lowest BCUT2D eigenvalue weighted by molar-refractivity contribution is 0.403. The van der Waals surface area contributed by atoms with E-state index in [1.165, 1.54) is 21.9 Å². The monoisotopic (exact) mass is 300 g/mol. The highest BCUT2D eigenvalue weighted by Crippen LogP contribution is 2.62. The van der Waals surface area contributed by atoms with Crippen LogP contribution in [0, 0.1) is 0 Å². The molecule has 1 aliphatic heterocycles. The first kappa shape index (κ1) is 11.6. The molecule has 0 amide bonds. The quantitative estimate of drug-likeness (QED) is 0.246. The van der Waals surface area contributed by atoms with Crippen LogP contribution in [0.3, 0.4) is 0 Å². The van der Waals surface area contributed by atoms with E-state index >= 15 is 0 Å². The fraction of sp³-hybridized carbons (Fsp3) is 0.100. The number of fused-ring (bicyclic) bond motifs is 6. The van der Waals surface area contributed by atoms with Crippen LogP contribution < -0.4 is 4.74 Å². The van der Waals surface area contributed by atoms with Crippen LogP contribution in [0.1, 0.15) is 11.1 Å². The van der Waals surface area contributed by atoms with Crippen LogP contribution in [-0.2, 0) is 12.8 Å². The molecule has 4 aromatic rings. The molecule has 0 spiro atoms. The summed E-state index contributed by atoms with van der Waals surface area (Å²) in [4.78, 5) is 0. The third-order valence-electron chi connectivity index (χ3n) is 5.26. The summed E-state index contributed by atoms with van der Waals surface area (Å²) >= 11 is 0. The van der Waals surface area contributed by atoms with Gasteiger partial charge in [-0.05, 0) is 46.2 Å². The molecular formula is C20H12O3. The Morgan fingerprint density at radius 2 is 1.61 bits per heavy atom. The standard InChI is InChI=1S/C20H12O3/c21-17-13-7-6-11-8-10-5-4-9-2-1-3-12(14(9)10)15(11)16(13)19-20(23-19)18(17)22/h1-3,6-8,21-22H,4-5H2. The summed E-state index contributed by atoms with van der Waals surface area (Å²) in [6, 6.07) is 12.6. The van der Waals surface area contributed by atoms with E-state index in [0.717, 1.165) is 29.0 Å². The maximum absolute atomic E-state index is 10.3. The van der Waals surface area contributed by atoms with Gasteiger partial charge >= 0.3 is 0 Å². The topological polar surface area (TPSA) is 53.0 Å². The zero-order chi connectivity index (χ0) is 15.3. The van der Waals surface area contributed by atoms with E-state index in [2.05, 4.69) is 24.3 Å². The maximum Gasteiger partial charge on any atom is 0.216 e. The Balaban J connectivity index is 1.97. The molecule has 0 bridgehead atoms. The molecular weight excluding hydrogens is 288 g/mol. The lowest BCUT2D eigenvalue weighted by atomic mass is 9.93. The van der Waals surface area contributed by atoms with Crippen LogP contribution in [0.15, 0.2) is 36.4 Å². The highest BCUT2D eigenvalue weighted by atomic mass is 16.6. The minimum absolute atomic E-state index is 0.0959. The van der Waals surface area contributed by atoms with Gasteiger partial charge in [0, 0.05) is 16.2 Å². The molecule has 4 aromatic carbocycles. The van der Waals surface area contributed by atoms with Gasteiger partial charge in [-0.1, -0.05) is 30.3 Å². The van der Waals surface area contributed by atoms with E-state index in [4.69, 9.17) is 4.74 Å². The summed E-state index contributed by atoms with van der Waals surface area (Å²) in [5.74, 6) is 0.851. The highest BCUT2D eigenvalue weighted by molar-refractivity contribution is 6.26. The minimum atomic E-state index is -0.155. The zero-order valence-corrected chi connectivity index (χ0v) is 12.2. The molecule has 0 saturated carbocycles. The molecule has 1 heterocycles. The molecule has 0 fully saturated rings. The first-order chi connectivity index (χ1) is 11.2. The maximum atomic E-state index is 10.3. The largest absolute Gasteiger partial charge is 0.504 e. The number of phenols is 2. The molecule has 2 N–H and O–H groups in total. The molecule has 0 atom stereocenters. The molecule has 1 aliphatic carbocycles. The smallest absolute Gasteiger partial charge is 0.216 e. The van der Waals surface area contributed by atoms with Gasteiger partial charge in [0.15, 0.2) is 11.5 Å². The molecule has 2 aliphatic rings. The van der Waals surface area contributed by atoms with Crippen LogP contribution in [-0.4, -0.2) is 10.2 Å². The van der Waals surface area contributed by atoms with E-state index in [1.807, 2.05) is 12.1 Å². The fourth-order valence-electron chi connectivity index (χ4n) is 4.22. The number of hydrogen-bond donors (Lipinski definition) is 2. The van der Waals surface area contributed by atoms with Crippen molar-refractivity contribution in [1.82, 2.24) is 0 Å². The second kappa shape index (κ2) is 3.51. The number of ether oxygens (including phenoxy) is 1. The van der Waals surface area contributed by atoms with E-state index in [9.17, 15) is 10.2 Å². The third kappa shape index (κ3) is 1.23. The van der Waals surface area contributed by atoms with Crippen LogP contribution in [0.5, 0.6) is 23.0 Å². The summed E-state index contributed by atoms with van der Waals surface area (Å²) in [5.41, 5.74) is 2.79. The van der Waals surface area contributed by atoms with Crippen LogP contribution in [0.4, 0.5) is 0 Å². The van der Waals surface area contributed by atoms with Crippen molar-refractivity contribution < 1.29 is 14.9 Å². The fourth-order valence-corrected chi connectivity index (χ4v) is 4.22. The van der Waals surface area contributed by atoms with Gasteiger partial charge in [-0.2, -0.15) is 0 Å². The average Bonchev–Trinajstić information content (AvgIpc) is 3.28. The van der Waals surface area contributed by atoms with Crippen molar-refractivity contribution in [2.75, 3.05) is 0 Å². The lowest BCUT2D eigenvalue weighted by Crippen LogP contribution is -1.84. The molecule has 0 radical (unpaired) electrons. The van der Waals surface area contributed by atoms with Gasteiger partial charge in [0.1, 0.15) is 0 Å². The van der Waals surface area contributed by atoms with Gasteiger partial charge in [-0.25, -0.2) is 0 Å². The van der Waals surface area contributed by atoms with Crippen molar-refractivity contribution in [2.24, 2.45) is 0 Å². The number of rotatable bonds is 0. The molecule has 110 valence electrons. The van der Waals surface area contributed by atoms with Crippen molar-refractivity contribution in [1.29, 1.82) is 0 Å². The Bertz CT molecular complexity index is 1200. The van der Waals surface area contributed by atoms with Gasteiger partial charge in [0.05, 0.1) is 0 Å². The molecule has 6 rings (SSSR count). The van der Waals surface area contributed by atoms with Crippen molar-refractivity contribution in [3.8, 4) is 23.0 Å². The molecule has 3 heteroatoms. The van der Waals surface area contributed by atoms with Crippen LogP contribution in [0.2, 0.25) is 0 Å². The minimum Gasteiger partial charge on any atom is -0.504 e. The van der Waals surface area contributed by atoms with E-state index in [0.29, 0.717) is 16.9 Å². The Morgan fingerprint density at radius 3 is 2.52 bits per heavy atom. The summed E-state index contributed by atoms with van der Waals surface area (Å²) < 4.78 is 5.49. The number of aryl methyl sites for hydroxylation is 2. The van der Waals surface area contributed by atoms with E-state index < -0.39 is 0 Å².